The molecule has 1 atom stereocenters. The van der Waals surface area contributed by atoms with E-state index in [0.717, 1.165) is 26.2 Å². The number of nitrogens with zero attached hydrogens (tertiary/aromatic N) is 1. The maximum absolute atomic E-state index is 3.50. The number of piperazine rings is 1. The average Bonchev–Trinajstić information content (AvgIpc) is 2.62. The Bertz CT molecular complexity index is 896. The van der Waals surface area contributed by atoms with Gasteiger partial charge in [0, 0.05) is 32.2 Å². The third kappa shape index (κ3) is 4.25. The highest BCUT2D eigenvalue weighted by atomic mass is 35.5. The molecule has 1 N–H and O–H groups in total. The Labute approximate surface area is 175 Å². The molecule has 2 nitrogen and oxygen atoms in total. The molecule has 0 unspecified atom stereocenters. The number of hydrogen-bond donors (Lipinski definition) is 1. The van der Waals surface area contributed by atoms with Gasteiger partial charge < -0.3 is 5.32 Å². The summed E-state index contributed by atoms with van der Waals surface area (Å²) in [6.07, 6.45) is 0. The molecule has 146 valence electrons. The Morgan fingerprint density at radius 2 is 1.37 bits per heavy atom. The number of hydrogen-bond acceptors (Lipinski definition) is 2. The molecule has 1 aliphatic heterocycles. The van der Waals surface area contributed by atoms with Crippen LogP contribution in [0.1, 0.15) is 32.4 Å². The van der Waals surface area contributed by atoms with E-state index in [1.54, 1.807) is 0 Å². The number of benzene rings is 3. The van der Waals surface area contributed by atoms with Crippen LogP contribution in [0.15, 0.2) is 54.6 Å². The highest BCUT2D eigenvalue weighted by molar-refractivity contribution is 6.09. The van der Waals surface area contributed by atoms with E-state index in [2.05, 4.69) is 85.6 Å². The Balaban J connectivity index is 0.00000131. The Morgan fingerprint density at radius 1 is 0.815 bits per heavy atom. The van der Waals surface area contributed by atoms with Crippen LogP contribution in [0.5, 0.6) is 0 Å². The van der Waals surface area contributed by atoms with Gasteiger partial charge in [0.1, 0.15) is 0 Å². The molecule has 27 heavy (non-hydrogen) atoms. The van der Waals surface area contributed by atoms with Crippen molar-refractivity contribution < 1.29 is 0 Å². The third-order valence-electron chi connectivity index (χ3n) is 5.43. The van der Waals surface area contributed by atoms with E-state index >= 15 is 0 Å². The first-order valence-electron chi connectivity index (χ1n) is 9.41. The van der Waals surface area contributed by atoms with Crippen molar-refractivity contribution >= 4 is 46.4 Å². The van der Waals surface area contributed by atoms with Gasteiger partial charge in [0.25, 0.3) is 0 Å². The van der Waals surface area contributed by atoms with Crippen molar-refractivity contribution in [1.82, 2.24) is 10.2 Å². The lowest BCUT2D eigenvalue weighted by Gasteiger charge is -2.43. The van der Waals surface area contributed by atoms with Gasteiger partial charge in [-0.05, 0) is 38.6 Å². The zero-order valence-electron chi connectivity index (χ0n) is 16.4. The first kappa shape index (κ1) is 22.0. The van der Waals surface area contributed by atoms with Crippen LogP contribution in [-0.2, 0) is 0 Å². The quantitative estimate of drug-likeness (QED) is 0.540. The third-order valence-corrected chi connectivity index (χ3v) is 5.43. The van der Waals surface area contributed by atoms with Gasteiger partial charge in [-0.25, -0.2) is 0 Å². The summed E-state index contributed by atoms with van der Waals surface area (Å²) in [6, 6.07) is 20.6. The normalized spacial score (nSPS) is 16.6. The van der Waals surface area contributed by atoms with Crippen molar-refractivity contribution in [3.05, 3.63) is 60.2 Å². The fourth-order valence-corrected chi connectivity index (χ4v) is 4.46. The molecular formula is C23H30Cl2N2. The maximum Gasteiger partial charge on any atom is 0.0403 e. The van der Waals surface area contributed by atoms with Crippen LogP contribution in [0.25, 0.3) is 21.5 Å². The van der Waals surface area contributed by atoms with Crippen LogP contribution in [0.2, 0.25) is 0 Å². The Hall–Kier alpha value is -1.32. The topological polar surface area (TPSA) is 15.3 Å². The molecule has 0 aliphatic carbocycles. The molecule has 3 aromatic carbocycles. The van der Waals surface area contributed by atoms with Crippen molar-refractivity contribution in [3.63, 3.8) is 0 Å². The molecule has 4 rings (SSSR count). The average molecular weight is 405 g/mol. The highest BCUT2D eigenvalue weighted by Crippen LogP contribution is 2.43. The van der Waals surface area contributed by atoms with Gasteiger partial charge in [-0.3, -0.25) is 4.90 Å². The van der Waals surface area contributed by atoms with E-state index in [-0.39, 0.29) is 30.2 Å². The van der Waals surface area contributed by atoms with Crippen LogP contribution in [0.4, 0.5) is 0 Å². The lowest BCUT2D eigenvalue weighted by Crippen LogP contribution is -2.48. The van der Waals surface area contributed by atoms with Crippen molar-refractivity contribution in [1.29, 1.82) is 0 Å². The zero-order chi connectivity index (χ0) is 17.4. The molecule has 0 bridgehead atoms. The SMILES string of the molecule is CC(C)(C)[C@H](c1cc2ccccc2c2ccccc12)N1CCNCC1.Cl.Cl. The van der Waals surface area contributed by atoms with Crippen LogP contribution in [0.3, 0.4) is 0 Å². The predicted molar refractivity (Wildman–Crippen MR) is 123 cm³/mol. The van der Waals surface area contributed by atoms with Crippen molar-refractivity contribution in [2.24, 2.45) is 5.41 Å². The van der Waals surface area contributed by atoms with Crippen molar-refractivity contribution in [3.8, 4) is 0 Å². The van der Waals surface area contributed by atoms with Crippen LogP contribution in [-0.4, -0.2) is 31.1 Å². The maximum atomic E-state index is 3.50. The fraction of sp³-hybridized carbons (Fsp3) is 0.391. The smallest absolute Gasteiger partial charge is 0.0403 e. The molecule has 0 amide bonds. The number of fused-ring (bicyclic) bond motifs is 3. The second-order valence-corrected chi connectivity index (χ2v) is 8.29. The second-order valence-electron chi connectivity index (χ2n) is 8.29. The van der Waals surface area contributed by atoms with Crippen LogP contribution in [0, 0.1) is 5.41 Å². The molecule has 3 aromatic rings. The number of halogens is 2. The molecule has 1 fully saturated rings. The van der Waals surface area contributed by atoms with E-state index in [9.17, 15) is 0 Å². The lowest BCUT2D eigenvalue weighted by molar-refractivity contribution is 0.0873. The molecule has 0 radical (unpaired) electrons. The van der Waals surface area contributed by atoms with E-state index in [1.165, 1.54) is 27.1 Å². The van der Waals surface area contributed by atoms with Gasteiger partial charge >= 0.3 is 0 Å². The highest BCUT2D eigenvalue weighted by Gasteiger charge is 2.33. The standard InChI is InChI=1S/C23H28N2.2ClH/c1-23(2,3)22(25-14-12-24-13-15-25)21-16-17-8-4-5-9-18(17)19-10-6-7-11-20(19)21;;/h4-11,16,22,24H,12-15H2,1-3H3;2*1H/t22-;;/m0../s1. The Kier molecular flexibility index (Phi) is 7.15. The molecule has 0 aromatic heterocycles. The predicted octanol–water partition coefficient (Wildman–Crippen LogP) is 5.83. The summed E-state index contributed by atoms with van der Waals surface area (Å²) in [5.74, 6) is 0. The first-order chi connectivity index (χ1) is 12.1. The monoisotopic (exact) mass is 404 g/mol. The molecule has 4 heteroatoms. The number of rotatable bonds is 2. The largest absolute Gasteiger partial charge is 0.314 e. The minimum atomic E-state index is 0. The van der Waals surface area contributed by atoms with E-state index in [4.69, 9.17) is 0 Å². The van der Waals surface area contributed by atoms with Crippen molar-refractivity contribution in [2.75, 3.05) is 26.2 Å². The Morgan fingerprint density at radius 3 is 2.00 bits per heavy atom. The molecular weight excluding hydrogens is 375 g/mol. The molecule has 1 aliphatic rings. The second kappa shape index (κ2) is 8.79. The van der Waals surface area contributed by atoms with E-state index in [0.29, 0.717) is 6.04 Å². The summed E-state index contributed by atoms with van der Waals surface area (Å²) in [5, 5.41) is 8.98. The van der Waals surface area contributed by atoms with Gasteiger partial charge in [-0.15, -0.1) is 24.8 Å². The summed E-state index contributed by atoms with van der Waals surface area (Å²) < 4.78 is 0. The minimum absolute atomic E-state index is 0. The lowest BCUT2D eigenvalue weighted by atomic mass is 9.78. The van der Waals surface area contributed by atoms with Crippen molar-refractivity contribution in [2.45, 2.75) is 26.8 Å². The van der Waals surface area contributed by atoms with Gasteiger partial charge in [0.2, 0.25) is 0 Å². The molecule has 0 saturated carbocycles. The summed E-state index contributed by atoms with van der Waals surface area (Å²) in [7, 11) is 0. The van der Waals surface area contributed by atoms with Gasteiger partial charge in [0.05, 0.1) is 0 Å². The van der Waals surface area contributed by atoms with Crippen LogP contribution >= 0.6 is 24.8 Å². The molecule has 1 saturated heterocycles. The number of nitrogens with one attached hydrogen (secondary N) is 1. The summed E-state index contributed by atoms with van der Waals surface area (Å²) >= 11 is 0. The summed E-state index contributed by atoms with van der Waals surface area (Å²) in [6.45, 7) is 11.5. The van der Waals surface area contributed by atoms with E-state index < -0.39 is 0 Å². The summed E-state index contributed by atoms with van der Waals surface area (Å²) in [5.41, 5.74) is 1.66. The van der Waals surface area contributed by atoms with Gasteiger partial charge in [0.15, 0.2) is 0 Å². The van der Waals surface area contributed by atoms with E-state index in [1.807, 2.05) is 0 Å². The van der Waals surface area contributed by atoms with Gasteiger partial charge in [-0.1, -0.05) is 69.3 Å². The minimum Gasteiger partial charge on any atom is -0.314 e. The first-order valence-corrected chi connectivity index (χ1v) is 9.41. The van der Waals surface area contributed by atoms with Crippen LogP contribution < -0.4 is 5.32 Å². The summed E-state index contributed by atoms with van der Waals surface area (Å²) in [4.78, 5) is 2.67. The zero-order valence-corrected chi connectivity index (χ0v) is 18.0. The fourth-order valence-electron chi connectivity index (χ4n) is 4.46. The molecule has 0 spiro atoms. The van der Waals surface area contributed by atoms with Gasteiger partial charge in [-0.2, -0.15) is 0 Å². The molecule has 1 heterocycles.